The van der Waals surface area contributed by atoms with Gasteiger partial charge in [0, 0.05) is 13.1 Å². The van der Waals surface area contributed by atoms with Crippen molar-refractivity contribution in [2.24, 2.45) is 5.92 Å². The smallest absolute Gasteiger partial charge is 0.270 e. The molecule has 0 aromatic carbocycles. The molecule has 0 bridgehead atoms. The third-order valence-electron chi connectivity index (χ3n) is 2.71. The fourth-order valence-electron chi connectivity index (χ4n) is 1.44. The van der Waals surface area contributed by atoms with Gasteiger partial charge in [-0.25, -0.2) is 4.98 Å². The summed E-state index contributed by atoms with van der Waals surface area (Å²) in [5.74, 6) is 0.539. The van der Waals surface area contributed by atoms with Crippen molar-refractivity contribution in [1.82, 2.24) is 10.3 Å². The summed E-state index contributed by atoms with van der Waals surface area (Å²) in [5.41, 5.74) is 1.39. The van der Waals surface area contributed by atoms with Crippen molar-refractivity contribution in [3.63, 3.8) is 0 Å². The largest absolute Gasteiger partial charge is 0.387 e. The predicted molar refractivity (Wildman–Crippen MR) is 58.8 cm³/mol. The van der Waals surface area contributed by atoms with Crippen LogP contribution in [-0.4, -0.2) is 24.0 Å². The average molecular weight is 205 g/mol. The fourth-order valence-corrected chi connectivity index (χ4v) is 1.44. The van der Waals surface area contributed by atoms with Crippen LogP contribution in [0.4, 0.5) is 5.69 Å². The SMILES string of the molecule is CNc1ccc(C(=O)NC2CC2C)nc1. The van der Waals surface area contributed by atoms with E-state index in [0.717, 1.165) is 12.1 Å². The van der Waals surface area contributed by atoms with Gasteiger partial charge in [0.15, 0.2) is 0 Å². The monoisotopic (exact) mass is 205 g/mol. The van der Waals surface area contributed by atoms with Gasteiger partial charge in [-0.3, -0.25) is 4.79 Å². The first-order valence-corrected chi connectivity index (χ1v) is 5.15. The van der Waals surface area contributed by atoms with E-state index in [-0.39, 0.29) is 5.91 Å². The molecule has 4 heteroatoms. The van der Waals surface area contributed by atoms with Gasteiger partial charge in [-0.05, 0) is 24.5 Å². The third-order valence-corrected chi connectivity index (χ3v) is 2.71. The Morgan fingerprint density at radius 1 is 1.53 bits per heavy atom. The maximum atomic E-state index is 11.6. The van der Waals surface area contributed by atoms with E-state index in [0.29, 0.717) is 17.7 Å². The topological polar surface area (TPSA) is 54.0 Å². The lowest BCUT2D eigenvalue weighted by atomic mass is 10.3. The van der Waals surface area contributed by atoms with Gasteiger partial charge in [-0.15, -0.1) is 0 Å². The lowest BCUT2D eigenvalue weighted by Gasteiger charge is -2.04. The van der Waals surface area contributed by atoms with Gasteiger partial charge < -0.3 is 10.6 Å². The van der Waals surface area contributed by atoms with Crippen molar-refractivity contribution < 1.29 is 4.79 Å². The molecule has 0 spiro atoms. The molecule has 80 valence electrons. The van der Waals surface area contributed by atoms with Crippen LogP contribution in [0.3, 0.4) is 0 Å². The van der Waals surface area contributed by atoms with E-state index in [2.05, 4.69) is 22.5 Å². The number of nitrogens with zero attached hydrogens (tertiary/aromatic N) is 1. The molecule has 1 amide bonds. The van der Waals surface area contributed by atoms with Crippen LogP contribution in [0.5, 0.6) is 0 Å². The summed E-state index contributed by atoms with van der Waals surface area (Å²) in [6, 6.07) is 3.93. The number of hydrogen-bond acceptors (Lipinski definition) is 3. The maximum Gasteiger partial charge on any atom is 0.270 e. The molecule has 2 unspecified atom stereocenters. The Balaban J connectivity index is 1.99. The van der Waals surface area contributed by atoms with Crippen molar-refractivity contribution in [2.45, 2.75) is 19.4 Å². The van der Waals surface area contributed by atoms with Gasteiger partial charge in [0.1, 0.15) is 5.69 Å². The summed E-state index contributed by atoms with van der Waals surface area (Å²) in [6.07, 6.45) is 2.74. The van der Waals surface area contributed by atoms with Crippen LogP contribution in [0.15, 0.2) is 18.3 Å². The van der Waals surface area contributed by atoms with E-state index in [9.17, 15) is 4.79 Å². The number of hydrogen-bond donors (Lipinski definition) is 2. The van der Waals surface area contributed by atoms with Crippen LogP contribution in [0, 0.1) is 5.92 Å². The first-order valence-electron chi connectivity index (χ1n) is 5.15. The molecule has 1 aliphatic rings. The molecule has 1 fully saturated rings. The Bertz CT molecular complexity index is 361. The molecular weight excluding hydrogens is 190 g/mol. The van der Waals surface area contributed by atoms with Crippen LogP contribution < -0.4 is 10.6 Å². The summed E-state index contributed by atoms with van der Waals surface area (Å²) in [4.78, 5) is 15.7. The number of pyridine rings is 1. The van der Waals surface area contributed by atoms with Gasteiger partial charge in [0.05, 0.1) is 11.9 Å². The quantitative estimate of drug-likeness (QED) is 0.781. The Labute approximate surface area is 89.1 Å². The normalized spacial score (nSPS) is 23.3. The number of rotatable bonds is 3. The molecule has 2 N–H and O–H groups in total. The summed E-state index contributed by atoms with van der Waals surface area (Å²) >= 11 is 0. The van der Waals surface area contributed by atoms with E-state index < -0.39 is 0 Å². The Kier molecular flexibility index (Phi) is 2.58. The second kappa shape index (κ2) is 3.88. The number of carbonyl (C=O) groups is 1. The summed E-state index contributed by atoms with van der Waals surface area (Å²) in [7, 11) is 1.82. The number of aromatic nitrogens is 1. The molecule has 2 atom stereocenters. The van der Waals surface area contributed by atoms with Crippen LogP contribution in [0.1, 0.15) is 23.8 Å². The van der Waals surface area contributed by atoms with Crippen molar-refractivity contribution >= 4 is 11.6 Å². The van der Waals surface area contributed by atoms with E-state index in [1.165, 1.54) is 0 Å². The second-order valence-electron chi connectivity index (χ2n) is 3.98. The molecule has 1 heterocycles. The van der Waals surface area contributed by atoms with Crippen LogP contribution in [-0.2, 0) is 0 Å². The minimum atomic E-state index is -0.0768. The maximum absolute atomic E-state index is 11.6. The second-order valence-corrected chi connectivity index (χ2v) is 3.98. The van der Waals surface area contributed by atoms with Gasteiger partial charge in [0.2, 0.25) is 0 Å². The van der Waals surface area contributed by atoms with Crippen molar-refractivity contribution in [3.05, 3.63) is 24.0 Å². The molecule has 2 rings (SSSR count). The summed E-state index contributed by atoms with van der Waals surface area (Å²) in [5, 5.41) is 5.89. The molecular formula is C11H15N3O. The average Bonchev–Trinajstić information content (AvgIpc) is 2.94. The highest BCUT2D eigenvalue weighted by Crippen LogP contribution is 2.29. The molecule has 0 aliphatic heterocycles. The predicted octanol–water partition coefficient (Wildman–Crippen LogP) is 1.26. The summed E-state index contributed by atoms with van der Waals surface area (Å²) in [6.45, 7) is 2.13. The molecule has 1 saturated carbocycles. The number of anilines is 1. The number of nitrogens with one attached hydrogen (secondary N) is 2. The van der Waals surface area contributed by atoms with Crippen molar-refractivity contribution in [2.75, 3.05) is 12.4 Å². The zero-order valence-electron chi connectivity index (χ0n) is 8.95. The lowest BCUT2D eigenvalue weighted by molar-refractivity contribution is 0.0944. The van der Waals surface area contributed by atoms with Crippen LogP contribution >= 0.6 is 0 Å². The first-order chi connectivity index (χ1) is 7.20. The highest BCUT2D eigenvalue weighted by atomic mass is 16.2. The highest BCUT2D eigenvalue weighted by Gasteiger charge is 2.34. The highest BCUT2D eigenvalue weighted by molar-refractivity contribution is 5.92. The van der Waals surface area contributed by atoms with Gasteiger partial charge in [0.25, 0.3) is 5.91 Å². The minimum Gasteiger partial charge on any atom is -0.387 e. The molecule has 15 heavy (non-hydrogen) atoms. The minimum absolute atomic E-state index is 0.0768. The Hall–Kier alpha value is -1.58. The van der Waals surface area contributed by atoms with E-state index in [4.69, 9.17) is 0 Å². The molecule has 0 radical (unpaired) electrons. The summed E-state index contributed by atoms with van der Waals surface area (Å²) < 4.78 is 0. The van der Waals surface area contributed by atoms with Gasteiger partial charge in [-0.1, -0.05) is 6.92 Å². The number of amides is 1. The number of carbonyl (C=O) groups excluding carboxylic acids is 1. The van der Waals surface area contributed by atoms with Crippen molar-refractivity contribution in [3.8, 4) is 0 Å². The van der Waals surface area contributed by atoms with Crippen molar-refractivity contribution in [1.29, 1.82) is 0 Å². The first kappa shape index (κ1) is 9.96. The molecule has 1 aliphatic carbocycles. The molecule has 1 aromatic heterocycles. The van der Waals surface area contributed by atoms with E-state index in [1.54, 1.807) is 12.3 Å². The molecule has 4 nitrogen and oxygen atoms in total. The Morgan fingerprint density at radius 2 is 2.27 bits per heavy atom. The fraction of sp³-hybridized carbons (Fsp3) is 0.455. The standard InChI is InChI=1S/C11H15N3O/c1-7-5-10(7)14-11(15)9-4-3-8(12-2)6-13-9/h3-4,6-7,10,12H,5H2,1-2H3,(H,14,15). The molecule has 0 saturated heterocycles. The van der Waals surface area contributed by atoms with Gasteiger partial charge in [-0.2, -0.15) is 0 Å². The molecule has 1 aromatic rings. The van der Waals surface area contributed by atoms with Crippen LogP contribution in [0.2, 0.25) is 0 Å². The zero-order valence-corrected chi connectivity index (χ0v) is 8.95. The van der Waals surface area contributed by atoms with Gasteiger partial charge >= 0.3 is 0 Å². The third kappa shape index (κ3) is 2.26. The van der Waals surface area contributed by atoms with E-state index >= 15 is 0 Å². The van der Waals surface area contributed by atoms with E-state index in [1.807, 2.05) is 13.1 Å². The van der Waals surface area contributed by atoms with Crippen LogP contribution in [0.25, 0.3) is 0 Å². The lowest BCUT2D eigenvalue weighted by Crippen LogP contribution is -2.27. The zero-order chi connectivity index (χ0) is 10.8. The Morgan fingerprint density at radius 3 is 2.73 bits per heavy atom.